The standard InChI is InChI=1S/C18H13F2N3O/c19-17(20)12-7-5-11(6-8-12)9-21-18-16-15(22-10-23-18)13-3-1-2-4-14(13)24-16/h1-8,10,17H,9H2,(H,21,22,23). The van der Waals surface area contributed by atoms with E-state index < -0.39 is 6.43 Å². The SMILES string of the molecule is FC(F)c1ccc(CNc2ncnc3c2oc2ccccc23)cc1. The number of para-hydroxylation sites is 1. The summed E-state index contributed by atoms with van der Waals surface area (Å²) < 4.78 is 31.0. The zero-order valence-electron chi connectivity index (χ0n) is 12.5. The monoisotopic (exact) mass is 325 g/mol. The van der Waals surface area contributed by atoms with Gasteiger partial charge in [0.15, 0.2) is 11.4 Å². The van der Waals surface area contributed by atoms with Crippen LogP contribution in [0.2, 0.25) is 0 Å². The van der Waals surface area contributed by atoms with E-state index in [9.17, 15) is 8.78 Å². The zero-order chi connectivity index (χ0) is 16.5. The first kappa shape index (κ1) is 14.6. The molecule has 0 spiro atoms. The number of furan rings is 1. The van der Waals surface area contributed by atoms with Crippen molar-refractivity contribution in [2.75, 3.05) is 5.32 Å². The fraction of sp³-hybridized carbons (Fsp3) is 0.111. The van der Waals surface area contributed by atoms with Gasteiger partial charge in [-0.15, -0.1) is 0 Å². The molecule has 0 aliphatic heterocycles. The molecule has 24 heavy (non-hydrogen) atoms. The number of hydrogen-bond donors (Lipinski definition) is 1. The first-order chi connectivity index (χ1) is 11.7. The van der Waals surface area contributed by atoms with Gasteiger partial charge >= 0.3 is 0 Å². The summed E-state index contributed by atoms with van der Waals surface area (Å²) in [6, 6.07) is 13.9. The second kappa shape index (κ2) is 5.88. The lowest BCUT2D eigenvalue weighted by Gasteiger charge is -2.06. The molecule has 1 N–H and O–H groups in total. The van der Waals surface area contributed by atoms with Crippen LogP contribution in [0.4, 0.5) is 14.6 Å². The topological polar surface area (TPSA) is 51.0 Å². The Labute approximate surface area is 136 Å². The summed E-state index contributed by atoms with van der Waals surface area (Å²) in [4.78, 5) is 8.51. The lowest BCUT2D eigenvalue weighted by molar-refractivity contribution is 0.151. The minimum Gasteiger partial charge on any atom is -0.450 e. The Balaban J connectivity index is 1.62. The maximum atomic E-state index is 12.6. The molecular formula is C18H13F2N3O. The van der Waals surface area contributed by atoms with Crippen LogP contribution in [0.15, 0.2) is 59.3 Å². The summed E-state index contributed by atoms with van der Waals surface area (Å²) in [7, 11) is 0. The molecule has 0 saturated heterocycles. The van der Waals surface area contributed by atoms with Crippen LogP contribution in [0.3, 0.4) is 0 Å². The van der Waals surface area contributed by atoms with Crippen molar-refractivity contribution in [1.82, 2.24) is 9.97 Å². The van der Waals surface area contributed by atoms with E-state index in [1.807, 2.05) is 24.3 Å². The van der Waals surface area contributed by atoms with Crippen molar-refractivity contribution in [3.05, 3.63) is 66.0 Å². The zero-order valence-corrected chi connectivity index (χ0v) is 12.5. The molecule has 0 unspecified atom stereocenters. The van der Waals surface area contributed by atoms with E-state index in [2.05, 4.69) is 15.3 Å². The van der Waals surface area contributed by atoms with Gasteiger partial charge in [-0.25, -0.2) is 18.7 Å². The molecule has 2 aromatic heterocycles. The number of aromatic nitrogens is 2. The van der Waals surface area contributed by atoms with Crippen molar-refractivity contribution in [3.63, 3.8) is 0 Å². The molecule has 0 aliphatic carbocycles. The molecule has 0 saturated carbocycles. The number of alkyl halides is 2. The van der Waals surface area contributed by atoms with Gasteiger partial charge in [-0.1, -0.05) is 36.4 Å². The summed E-state index contributed by atoms with van der Waals surface area (Å²) in [5.74, 6) is 0.578. The van der Waals surface area contributed by atoms with E-state index in [1.54, 1.807) is 12.1 Å². The third-order valence-electron chi connectivity index (χ3n) is 3.85. The Kier molecular flexibility index (Phi) is 3.57. The van der Waals surface area contributed by atoms with Gasteiger partial charge in [0.25, 0.3) is 6.43 Å². The van der Waals surface area contributed by atoms with Gasteiger partial charge < -0.3 is 9.73 Å². The molecule has 0 amide bonds. The maximum Gasteiger partial charge on any atom is 0.263 e. The number of hydrogen-bond acceptors (Lipinski definition) is 4. The summed E-state index contributed by atoms with van der Waals surface area (Å²) in [5.41, 5.74) is 2.97. The van der Waals surface area contributed by atoms with E-state index in [-0.39, 0.29) is 5.56 Å². The van der Waals surface area contributed by atoms with Crippen LogP contribution in [0, 0.1) is 0 Å². The Hall–Kier alpha value is -3.02. The largest absolute Gasteiger partial charge is 0.450 e. The van der Waals surface area contributed by atoms with E-state index in [0.29, 0.717) is 17.9 Å². The smallest absolute Gasteiger partial charge is 0.263 e. The fourth-order valence-corrected chi connectivity index (χ4v) is 2.62. The van der Waals surface area contributed by atoms with Crippen LogP contribution in [0.25, 0.3) is 22.1 Å². The van der Waals surface area contributed by atoms with Crippen molar-refractivity contribution >= 4 is 27.9 Å². The molecule has 6 heteroatoms. The highest BCUT2D eigenvalue weighted by Gasteiger charge is 2.12. The van der Waals surface area contributed by atoms with E-state index in [1.165, 1.54) is 18.5 Å². The van der Waals surface area contributed by atoms with Gasteiger partial charge in [0.1, 0.15) is 17.4 Å². The molecule has 2 heterocycles. The first-order valence-corrected chi connectivity index (χ1v) is 7.45. The minimum atomic E-state index is -2.45. The first-order valence-electron chi connectivity index (χ1n) is 7.45. The van der Waals surface area contributed by atoms with Gasteiger partial charge in [0, 0.05) is 17.5 Å². The Morgan fingerprint density at radius 2 is 1.79 bits per heavy atom. The molecule has 4 aromatic rings. The molecule has 2 aromatic carbocycles. The molecular weight excluding hydrogens is 312 g/mol. The lowest BCUT2D eigenvalue weighted by Crippen LogP contribution is -2.02. The Morgan fingerprint density at radius 1 is 1.00 bits per heavy atom. The van der Waals surface area contributed by atoms with Crippen LogP contribution in [-0.4, -0.2) is 9.97 Å². The molecule has 0 radical (unpaired) electrons. The highest BCUT2D eigenvalue weighted by molar-refractivity contribution is 6.05. The van der Waals surface area contributed by atoms with Crippen molar-refractivity contribution in [2.45, 2.75) is 13.0 Å². The number of anilines is 1. The normalized spacial score (nSPS) is 11.5. The minimum absolute atomic E-state index is 0.0143. The Bertz CT molecular complexity index is 996. The Morgan fingerprint density at radius 3 is 2.58 bits per heavy atom. The van der Waals surface area contributed by atoms with E-state index >= 15 is 0 Å². The van der Waals surface area contributed by atoms with Crippen LogP contribution in [0.1, 0.15) is 17.6 Å². The van der Waals surface area contributed by atoms with Gasteiger partial charge in [-0.05, 0) is 17.7 Å². The van der Waals surface area contributed by atoms with Crippen LogP contribution >= 0.6 is 0 Å². The number of halogens is 2. The number of nitrogens with zero attached hydrogens (tertiary/aromatic N) is 2. The average molecular weight is 325 g/mol. The highest BCUT2D eigenvalue weighted by Crippen LogP contribution is 2.30. The number of benzene rings is 2. The summed E-state index contributed by atoms with van der Waals surface area (Å²) in [5, 5.41) is 4.11. The predicted molar refractivity (Wildman–Crippen MR) is 88.0 cm³/mol. The summed E-state index contributed by atoms with van der Waals surface area (Å²) in [6.07, 6.45) is -0.976. The van der Waals surface area contributed by atoms with Gasteiger partial charge in [-0.3, -0.25) is 0 Å². The second-order valence-corrected chi connectivity index (χ2v) is 5.39. The number of fused-ring (bicyclic) bond motifs is 3. The molecule has 0 atom stereocenters. The van der Waals surface area contributed by atoms with Crippen molar-refractivity contribution in [1.29, 1.82) is 0 Å². The predicted octanol–water partition coefficient (Wildman–Crippen LogP) is 4.93. The molecule has 0 bridgehead atoms. The molecule has 4 nitrogen and oxygen atoms in total. The van der Waals surface area contributed by atoms with Crippen molar-refractivity contribution in [2.24, 2.45) is 0 Å². The van der Waals surface area contributed by atoms with Crippen LogP contribution in [-0.2, 0) is 6.54 Å². The summed E-state index contributed by atoms with van der Waals surface area (Å²) >= 11 is 0. The van der Waals surface area contributed by atoms with Gasteiger partial charge in [0.2, 0.25) is 0 Å². The van der Waals surface area contributed by atoms with Crippen LogP contribution < -0.4 is 5.32 Å². The fourth-order valence-electron chi connectivity index (χ4n) is 2.62. The van der Waals surface area contributed by atoms with Crippen molar-refractivity contribution in [3.8, 4) is 0 Å². The second-order valence-electron chi connectivity index (χ2n) is 5.39. The van der Waals surface area contributed by atoms with E-state index in [4.69, 9.17) is 4.42 Å². The molecule has 0 aliphatic rings. The highest BCUT2D eigenvalue weighted by atomic mass is 19.3. The third kappa shape index (κ3) is 2.56. The van der Waals surface area contributed by atoms with E-state index in [0.717, 1.165) is 22.0 Å². The van der Waals surface area contributed by atoms with Crippen molar-refractivity contribution < 1.29 is 13.2 Å². The number of nitrogens with one attached hydrogen (secondary N) is 1. The number of rotatable bonds is 4. The summed E-state index contributed by atoms with van der Waals surface area (Å²) in [6.45, 7) is 0.451. The molecule has 120 valence electrons. The lowest BCUT2D eigenvalue weighted by atomic mass is 10.1. The van der Waals surface area contributed by atoms with Gasteiger partial charge in [0.05, 0.1) is 0 Å². The van der Waals surface area contributed by atoms with Crippen LogP contribution in [0.5, 0.6) is 0 Å². The molecule has 4 rings (SSSR count). The molecule has 0 fully saturated rings. The quantitative estimate of drug-likeness (QED) is 0.578. The van der Waals surface area contributed by atoms with Gasteiger partial charge in [-0.2, -0.15) is 0 Å². The maximum absolute atomic E-state index is 12.6. The average Bonchev–Trinajstić information content (AvgIpc) is 2.99. The third-order valence-corrected chi connectivity index (χ3v) is 3.85.